The molecule has 0 bridgehead atoms. The first-order chi connectivity index (χ1) is 7.06. The Morgan fingerprint density at radius 1 is 1.60 bits per heavy atom. The Balaban J connectivity index is 3.02. The van der Waals surface area contributed by atoms with Gasteiger partial charge in [0.05, 0.1) is 11.3 Å². The summed E-state index contributed by atoms with van der Waals surface area (Å²) in [7, 11) is 0. The van der Waals surface area contributed by atoms with Gasteiger partial charge in [-0.15, -0.1) is 11.6 Å². The minimum atomic E-state index is -0.810. The van der Waals surface area contributed by atoms with E-state index in [-0.39, 0.29) is 17.4 Å². The minimum absolute atomic E-state index is 0.0428. The van der Waals surface area contributed by atoms with Crippen LogP contribution in [0.5, 0.6) is 0 Å². The maximum absolute atomic E-state index is 12.0. The summed E-state index contributed by atoms with van der Waals surface area (Å²) in [5, 5.41) is 0. The summed E-state index contributed by atoms with van der Waals surface area (Å²) in [4.78, 5) is 23.8. The molecule has 0 heterocycles. The molecule has 0 fully saturated rings. The van der Waals surface area contributed by atoms with E-state index in [4.69, 9.17) is 11.6 Å². The Kier molecular flexibility index (Phi) is 4.09. The van der Waals surface area contributed by atoms with Crippen molar-refractivity contribution in [2.45, 2.75) is 39.5 Å². The Morgan fingerprint density at radius 3 is 2.73 bits per heavy atom. The van der Waals surface area contributed by atoms with E-state index >= 15 is 0 Å². The Hall–Kier alpha value is -0.630. The predicted molar refractivity (Wildman–Crippen MR) is 61.1 cm³/mol. The van der Waals surface area contributed by atoms with Crippen LogP contribution in [0, 0.1) is 5.41 Å². The molecule has 1 rings (SSSR count). The number of alkyl halides is 1. The summed E-state index contributed by atoms with van der Waals surface area (Å²) >= 11 is 5.59. The minimum Gasteiger partial charge on any atom is -0.297 e. The van der Waals surface area contributed by atoms with E-state index in [1.807, 2.05) is 13.8 Å². The Labute approximate surface area is 95.7 Å². The number of carbonyl (C=O) groups excluding carboxylic acids is 2. The van der Waals surface area contributed by atoms with Crippen LogP contribution in [-0.4, -0.2) is 17.4 Å². The predicted octanol–water partition coefficient (Wildman–Crippen LogP) is 2.89. The Morgan fingerprint density at radius 2 is 2.27 bits per heavy atom. The van der Waals surface area contributed by atoms with Crippen molar-refractivity contribution in [2.24, 2.45) is 5.41 Å². The van der Waals surface area contributed by atoms with E-state index in [0.717, 1.165) is 18.4 Å². The van der Waals surface area contributed by atoms with Crippen molar-refractivity contribution in [1.29, 1.82) is 0 Å². The quantitative estimate of drug-likeness (QED) is 0.548. The molecule has 0 aliphatic heterocycles. The van der Waals surface area contributed by atoms with Crippen molar-refractivity contribution >= 4 is 23.2 Å². The van der Waals surface area contributed by atoms with Crippen molar-refractivity contribution in [3.8, 4) is 0 Å². The molecule has 0 amide bonds. The van der Waals surface area contributed by atoms with E-state index in [0.29, 0.717) is 12.8 Å². The molecule has 0 saturated heterocycles. The van der Waals surface area contributed by atoms with E-state index in [9.17, 15) is 9.59 Å². The van der Waals surface area contributed by atoms with Gasteiger partial charge in [0.2, 0.25) is 0 Å². The average Bonchev–Trinajstić information content (AvgIpc) is 2.21. The van der Waals surface area contributed by atoms with E-state index in [1.165, 1.54) is 0 Å². The standard InChI is InChI=1S/C12H17ClO2/c1-3-5-12(11(15)8-13)6-4-9(2)7-10(12)14/h7H,3-6,8H2,1-2H3. The summed E-state index contributed by atoms with van der Waals surface area (Å²) < 4.78 is 0. The summed E-state index contributed by atoms with van der Waals surface area (Å²) in [5.74, 6) is -0.211. The number of allylic oxidation sites excluding steroid dienone is 2. The molecule has 1 aliphatic rings. The van der Waals surface area contributed by atoms with Crippen LogP contribution >= 0.6 is 11.6 Å². The van der Waals surface area contributed by atoms with Gasteiger partial charge in [-0.25, -0.2) is 0 Å². The van der Waals surface area contributed by atoms with Crippen molar-refractivity contribution in [3.63, 3.8) is 0 Å². The lowest BCUT2D eigenvalue weighted by Crippen LogP contribution is -2.41. The van der Waals surface area contributed by atoms with Crippen LogP contribution in [0.4, 0.5) is 0 Å². The zero-order valence-electron chi connectivity index (χ0n) is 9.31. The van der Waals surface area contributed by atoms with Gasteiger partial charge in [-0.2, -0.15) is 0 Å². The summed E-state index contributed by atoms with van der Waals surface area (Å²) in [6, 6.07) is 0. The summed E-state index contributed by atoms with van der Waals surface area (Å²) in [6.45, 7) is 3.92. The summed E-state index contributed by atoms with van der Waals surface area (Å²) in [6.07, 6.45) is 4.54. The number of hydrogen-bond donors (Lipinski definition) is 0. The van der Waals surface area contributed by atoms with Gasteiger partial charge >= 0.3 is 0 Å². The normalized spacial score (nSPS) is 26.3. The fourth-order valence-electron chi connectivity index (χ4n) is 2.19. The SMILES string of the molecule is CCCC1(C(=O)CCl)CCC(C)=CC1=O. The van der Waals surface area contributed by atoms with Crippen molar-refractivity contribution in [2.75, 3.05) is 5.88 Å². The molecule has 84 valence electrons. The first kappa shape index (κ1) is 12.4. The highest BCUT2D eigenvalue weighted by Gasteiger charge is 2.43. The molecule has 2 nitrogen and oxygen atoms in total. The molecular formula is C12H17ClO2. The molecule has 0 aromatic carbocycles. The molecule has 0 spiro atoms. The molecule has 1 atom stereocenters. The van der Waals surface area contributed by atoms with Crippen LogP contribution in [0.1, 0.15) is 39.5 Å². The monoisotopic (exact) mass is 228 g/mol. The third kappa shape index (κ3) is 2.31. The number of Topliss-reactive ketones (excluding diaryl/α,β-unsaturated/α-hetero) is 1. The molecule has 0 N–H and O–H groups in total. The molecule has 0 radical (unpaired) electrons. The number of halogens is 1. The van der Waals surface area contributed by atoms with Gasteiger partial charge in [0.25, 0.3) is 0 Å². The topological polar surface area (TPSA) is 34.1 Å². The highest BCUT2D eigenvalue weighted by molar-refractivity contribution is 6.31. The Bertz CT molecular complexity index is 307. The van der Waals surface area contributed by atoms with Crippen LogP contribution in [0.3, 0.4) is 0 Å². The highest BCUT2D eigenvalue weighted by atomic mass is 35.5. The second-order valence-electron chi connectivity index (χ2n) is 4.24. The second kappa shape index (κ2) is 4.93. The van der Waals surface area contributed by atoms with E-state index in [2.05, 4.69) is 0 Å². The lowest BCUT2D eigenvalue weighted by Gasteiger charge is -2.32. The maximum Gasteiger partial charge on any atom is 0.169 e. The van der Waals surface area contributed by atoms with Crippen molar-refractivity contribution < 1.29 is 9.59 Å². The second-order valence-corrected chi connectivity index (χ2v) is 4.51. The molecule has 1 aliphatic carbocycles. The van der Waals surface area contributed by atoms with Crippen molar-refractivity contribution in [1.82, 2.24) is 0 Å². The molecule has 15 heavy (non-hydrogen) atoms. The number of hydrogen-bond acceptors (Lipinski definition) is 2. The van der Waals surface area contributed by atoms with Gasteiger partial charge in [0.15, 0.2) is 11.6 Å². The van der Waals surface area contributed by atoms with Gasteiger partial charge in [0, 0.05) is 0 Å². The zero-order valence-corrected chi connectivity index (χ0v) is 10.1. The molecule has 3 heteroatoms. The third-order valence-corrected chi connectivity index (χ3v) is 3.37. The van der Waals surface area contributed by atoms with Gasteiger partial charge < -0.3 is 0 Å². The molecule has 1 unspecified atom stereocenters. The van der Waals surface area contributed by atoms with E-state index < -0.39 is 5.41 Å². The lowest BCUT2D eigenvalue weighted by molar-refractivity contribution is -0.138. The first-order valence-electron chi connectivity index (χ1n) is 5.37. The van der Waals surface area contributed by atoms with Crippen LogP contribution in [0.25, 0.3) is 0 Å². The fourth-order valence-corrected chi connectivity index (χ4v) is 2.44. The molecular weight excluding hydrogens is 212 g/mol. The van der Waals surface area contributed by atoms with Crippen LogP contribution < -0.4 is 0 Å². The molecule has 0 aromatic heterocycles. The number of carbonyl (C=O) groups is 2. The number of rotatable bonds is 4. The first-order valence-corrected chi connectivity index (χ1v) is 5.91. The fraction of sp³-hybridized carbons (Fsp3) is 0.667. The lowest BCUT2D eigenvalue weighted by atomic mass is 9.69. The maximum atomic E-state index is 12.0. The zero-order chi connectivity index (χ0) is 11.5. The largest absolute Gasteiger partial charge is 0.297 e. The molecule has 0 saturated carbocycles. The van der Waals surface area contributed by atoms with Gasteiger partial charge in [-0.3, -0.25) is 9.59 Å². The van der Waals surface area contributed by atoms with Crippen LogP contribution in [-0.2, 0) is 9.59 Å². The third-order valence-electron chi connectivity index (χ3n) is 3.13. The van der Waals surface area contributed by atoms with Crippen molar-refractivity contribution in [3.05, 3.63) is 11.6 Å². The van der Waals surface area contributed by atoms with E-state index in [1.54, 1.807) is 6.08 Å². The van der Waals surface area contributed by atoms with Gasteiger partial charge in [-0.1, -0.05) is 18.9 Å². The summed E-state index contributed by atoms with van der Waals surface area (Å²) in [5.41, 5.74) is 0.254. The van der Waals surface area contributed by atoms with Crippen LogP contribution in [0.15, 0.2) is 11.6 Å². The number of ketones is 2. The molecule has 0 aromatic rings. The average molecular weight is 229 g/mol. The van der Waals surface area contributed by atoms with Gasteiger partial charge in [-0.05, 0) is 32.3 Å². The smallest absolute Gasteiger partial charge is 0.169 e. The highest BCUT2D eigenvalue weighted by Crippen LogP contribution is 2.38. The van der Waals surface area contributed by atoms with Crippen LogP contribution in [0.2, 0.25) is 0 Å². The van der Waals surface area contributed by atoms with Gasteiger partial charge in [0.1, 0.15) is 0 Å².